The maximum Gasteiger partial charge on any atom is 0.212 e. The minimum absolute atomic E-state index is 0.318. The van der Waals surface area contributed by atoms with Gasteiger partial charge >= 0.3 is 0 Å². The van der Waals surface area contributed by atoms with Gasteiger partial charge in [-0.2, -0.15) is 5.26 Å². The van der Waals surface area contributed by atoms with Crippen LogP contribution in [0.3, 0.4) is 0 Å². The summed E-state index contributed by atoms with van der Waals surface area (Å²) in [4.78, 5) is 20.6. The quantitative estimate of drug-likeness (QED) is 0.309. The number of guanidine groups is 1. The van der Waals surface area contributed by atoms with E-state index in [1.165, 1.54) is 23.2 Å². The number of pyridine rings is 1. The van der Waals surface area contributed by atoms with Crippen molar-refractivity contribution < 1.29 is 0 Å². The number of hydrogen-bond donors (Lipinski definition) is 0. The van der Waals surface area contributed by atoms with Gasteiger partial charge in [-0.25, -0.2) is 4.98 Å². The Morgan fingerprint density at radius 3 is 2.83 bits per heavy atom. The topological polar surface area (TPSA) is 76.6 Å². The fourth-order valence-corrected chi connectivity index (χ4v) is 5.95. The highest BCUT2D eigenvalue weighted by molar-refractivity contribution is 5.80. The van der Waals surface area contributed by atoms with Crippen LogP contribution in [0, 0.1) is 17.4 Å². The SMILES string of the molecule is CN(C)C(=NC#N)N1CCCC(Cn2c(CN(C)[C@H]3CCCc4cccnc43)nc3ccccc32)C1. The lowest BCUT2D eigenvalue weighted by Gasteiger charge is -2.37. The van der Waals surface area contributed by atoms with Gasteiger partial charge in [0.1, 0.15) is 5.82 Å². The molecule has 0 radical (unpaired) electrons. The van der Waals surface area contributed by atoms with E-state index in [4.69, 9.17) is 9.97 Å². The molecule has 1 saturated heterocycles. The second kappa shape index (κ2) is 10.7. The molecule has 8 nitrogen and oxygen atoms in total. The minimum atomic E-state index is 0.318. The van der Waals surface area contributed by atoms with Gasteiger partial charge in [-0.1, -0.05) is 18.2 Å². The number of nitriles is 1. The van der Waals surface area contributed by atoms with Crippen molar-refractivity contribution in [3.8, 4) is 6.19 Å². The Hall–Kier alpha value is -3.44. The molecule has 3 heterocycles. The third-order valence-electron chi connectivity index (χ3n) is 7.61. The van der Waals surface area contributed by atoms with Crippen LogP contribution in [0.5, 0.6) is 0 Å². The Balaban J connectivity index is 1.39. The standard InChI is InChI=1S/C28H36N8/c1-33(2)28(31-20-29)35-16-8-9-21(17-35)18-36-24-13-5-4-12-23(24)32-26(36)19-34(3)25-14-6-10-22-11-7-15-30-27(22)25/h4-5,7,11-13,15,21,25H,6,8-10,14,16-19H2,1-3H3/t21?,25-/m0/s1. The molecule has 5 rings (SSSR count). The van der Waals surface area contributed by atoms with E-state index in [-0.39, 0.29) is 0 Å². The number of hydrogen-bond acceptors (Lipinski definition) is 5. The van der Waals surface area contributed by atoms with Gasteiger partial charge in [0.05, 0.1) is 29.3 Å². The van der Waals surface area contributed by atoms with Crippen LogP contribution in [-0.4, -0.2) is 69.4 Å². The van der Waals surface area contributed by atoms with Crippen molar-refractivity contribution in [2.24, 2.45) is 10.9 Å². The van der Waals surface area contributed by atoms with Crippen molar-refractivity contribution in [3.63, 3.8) is 0 Å². The van der Waals surface area contributed by atoms with Crippen molar-refractivity contribution >= 4 is 17.0 Å². The summed E-state index contributed by atoms with van der Waals surface area (Å²) in [7, 11) is 6.12. The molecular formula is C28H36N8. The Morgan fingerprint density at radius 1 is 1.14 bits per heavy atom. The number of likely N-dealkylation sites (tertiary alicyclic amines) is 1. The summed E-state index contributed by atoms with van der Waals surface area (Å²) in [6.45, 7) is 3.52. The van der Waals surface area contributed by atoms with Gasteiger partial charge < -0.3 is 14.4 Å². The molecule has 1 aliphatic carbocycles. The number of piperidine rings is 1. The molecule has 8 heteroatoms. The molecule has 0 saturated carbocycles. The Kier molecular flexibility index (Phi) is 7.19. The average molecular weight is 485 g/mol. The zero-order valence-electron chi connectivity index (χ0n) is 21.6. The summed E-state index contributed by atoms with van der Waals surface area (Å²) in [5.74, 6) is 2.32. The predicted octanol–water partition coefficient (Wildman–Crippen LogP) is 4.05. The monoisotopic (exact) mass is 484 g/mol. The van der Waals surface area contributed by atoms with Crippen molar-refractivity contribution in [2.45, 2.75) is 51.2 Å². The molecule has 188 valence electrons. The van der Waals surface area contributed by atoms with Crippen LogP contribution in [0.2, 0.25) is 0 Å². The summed E-state index contributed by atoms with van der Waals surface area (Å²) in [6.07, 6.45) is 9.60. The molecule has 2 atom stereocenters. The highest BCUT2D eigenvalue weighted by atomic mass is 15.4. The third-order valence-corrected chi connectivity index (χ3v) is 7.61. The normalized spacial score (nSPS) is 20.4. The van der Waals surface area contributed by atoms with Gasteiger partial charge in [0.15, 0.2) is 0 Å². The van der Waals surface area contributed by atoms with E-state index in [2.05, 4.69) is 62.8 Å². The third kappa shape index (κ3) is 4.93. The zero-order valence-corrected chi connectivity index (χ0v) is 21.6. The van der Waals surface area contributed by atoms with E-state index in [9.17, 15) is 5.26 Å². The molecule has 3 aromatic rings. The summed E-state index contributed by atoms with van der Waals surface area (Å²) >= 11 is 0. The largest absolute Gasteiger partial charge is 0.348 e. The number of aryl methyl sites for hydroxylation is 1. The molecule has 2 aliphatic rings. The lowest BCUT2D eigenvalue weighted by atomic mass is 9.91. The van der Waals surface area contributed by atoms with E-state index in [1.54, 1.807) is 0 Å². The summed E-state index contributed by atoms with van der Waals surface area (Å²) in [5.41, 5.74) is 4.85. The second-order valence-corrected chi connectivity index (χ2v) is 10.4. The Labute approximate surface area is 213 Å². The van der Waals surface area contributed by atoms with Crippen LogP contribution < -0.4 is 0 Å². The number of nitrogens with zero attached hydrogens (tertiary/aromatic N) is 8. The maximum atomic E-state index is 9.18. The van der Waals surface area contributed by atoms with Crippen molar-refractivity contribution in [3.05, 3.63) is 59.7 Å². The lowest BCUT2D eigenvalue weighted by Crippen LogP contribution is -2.46. The van der Waals surface area contributed by atoms with E-state index in [0.29, 0.717) is 12.0 Å². The number of aromatic nitrogens is 3. The first-order chi connectivity index (χ1) is 17.5. The molecule has 0 bridgehead atoms. The number of benzene rings is 1. The van der Waals surface area contributed by atoms with Crippen molar-refractivity contribution in [2.75, 3.05) is 34.2 Å². The van der Waals surface area contributed by atoms with Gasteiger partial charge in [-0.05, 0) is 68.8 Å². The van der Waals surface area contributed by atoms with Crippen LogP contribution in [-0.2, 0) is 19.5 Å². The van der Waals surface area contributed by atoms with E-state index in [0.717, 1.165) is 69.2 Å². The summed E-state index contributed by atoms with van der Waals surface area (Å²) in [6, 6.07) is 13.1. The van der Waals surface area contributed by atoms with Gasteiger partial charge in [-0.3, -0.25) is 9.88 Å². The number of para-hydroxylation sites is 2. The average Bonchev–Trinajstić information content (AvgIpc) is 3.23. The summed E-state index contributed by atoms with van der Waals surface area (Å²) in [5, 5.41) is 9.18. The fourth-order valence-electron chi connectivity index (χ4n) is 5.95. The molecule has 0 N–H and O–H groups in total. The smallest absolute Gasteiger partial charge is 0.212 e. The number of fused-ring (bicyclic) bond motifs is 2. The number of rotatable bonds is 5. The number of aliphatic imine (C=N–C) groups is 1. The molecule has 0 spiro atoms. The first-order valence-electron chi connectivity index (χ1n) is 13.0. The maximum absolute atomic E-state index is 9.18. The van der Waals surface area contributed by atoms with Crippen LogP contribution in [0.15, 0.2) is 47.6 Å². The second-order valence-electron chi connectivity index (χ2n) is 10.4. The van der Waals surface area contributed by atoms with Gasteiger partial charge in [0.25, 0.3) is 0 Å². The molecule has 1 aliphatic heterocycles. The summed E-state index contributed by atoms with van der Waals surface area (Å²) < 4.78 is 2.43. The first kappa shape index (κ1) is 24.3. The molecule has 1 unspecified atom stereocenters. The molecule has 1 aromatic carbocycles. The first-order valence-corrected chi connectivity index (χ1v) is 13.0. The van der Waals surface area contributed by atoms with Gasteiger partial charge in [-0.15, -0.1) is 4.99 Å². The molecule has 36 heavy (non-hydrogen) atoms. The molecule has 0 amide bonds. The molecule has 1 fully saturated rings. The molecular weight excluding hydrogens is 448 g/mol. The predicted molar refractivity (Wildman–Crippen MR) is 142 cm³/mol. The fraction of sp³-hybridized carbons (Fsp3) is 0.500. The van der Waals surface area contributed by atoms with E-state index in [1.807, 2.05) is 31.4 Å². The van der Waals surface area contributed by atoms with Crippen LogP contribution in [0.4, 0.5) is 0 Å². The highest BCUT2D eigenvalue weighted by Crippen LogP contribution is 2.33. The molecule has 2 aromatic heterocycles. The Bertz CT molecular complexity index is 1270. The van der Waals surface area contributed by atoms with Crippen LogP contribution in [0.1, 0.15) is 48.8 Å². The zero-order chi connectivity index (χ0) is 25.1. The van der Waals surface area contributed by atoms with E-state index >= 15 is 0 Å². The lowest BCUT2D eigenvalue weighted by molar-refractivity contribution is 0.194. The van der Waals surface area contributed by atoms with Crippen LogP contribution in [0.25, 0.3) is 11.0 Å². The van der Waals surface area contributed by atoms with Gasteiger partial charge in [0, 0.05) is 39.9 Å². The number of imidazole rings is 1. The van der Waals surface area contributed by atoms with Crippen molar-refractivity contribution in [1.29, 1.82) is 5.26 Å². The van der Waals surface area contributed by atoms with Gasteiger partial charge in [0.2, 0.25) is 12.2 Å². The van der Waals surface area contributed by atoms with E-state index < -0.39 is 0 Å². The Morgan fingerprint density at radius 2 is 2.00 bits per heavy atom. The minimum Gasteiger partial charge on any atom is -0.348 e. The van der Waals surface area contributed by atoms with Crippen molar-refractivity contribution in [1.82, 2.24) is 29.2 Å². The van der Waals surface area contributed by atoms with Crippen LogP contribution >= 0.6 is 0 Å². The highest BCUT2D eigenvalue weighted by Gasteiger charge is 2.28.